The highest BCUT2D eigenvalue weighted by Crippen LogP contribution is 2.23. The van der Waals surface area contributed by atoms with Crippen molar-refractivity contribution in [3.8, 4) is 0 Å². The predicted molar refractivity (Wildman–Crippen MR) is 87.4 cm³/mol. The van der Waals surface area contributed by atoms with Crippen LogP contribution in [0.5, 0.6) is 0 Å². The largest absolute Gasteiger partial charge is 0.384 e. The van der Waals surface area contributed by atoms with Gasteiger partial charge in [-0.3, -0.25) is 4.72 Å². The lowest BCUT2D eigenvalue weighted by atomic mass is 10.2. The Balaban J connectivity index is 2.06. The fourth-order valence-corrected chi connectivity index (χ4v) is 3.92. The number of anilines is 2. The zero-order chi connectivity index (χ0) is 15.5. The summed E-state index contributed by atoms with van der Waals surface area (Å²) in [5.41, 5.74) is 0.874. The zero-order valence-corrected chi connectivity index (χ0v) is 13.9. The Bertz CT molecular complexity index is 691. The maximum absolute atomic E-state index is 12.2. The Morgan fingerprint density at radius 1 is 1.24 bits per heavy atom. The summed E-state index contributed by atoms with van der Waals surface area (Å²) in [6, 6.07) is 6.85. The Kier molecular flexibility index (Phi) is 4.84. The molecule has 21 heavy (non-hydrogen) atoms. The average molecular weight is 325 g/mol. The van der Waals surface area contributed by atoms with Crippen molar-refractivity contribution < 1.29 is 8.42 Å². The second kappa shape index (κ2) is 6.44. The zero-order valence-electron chi connectivity index (χ0n) is 12.3. The Hall–Kier alpha value is -1.60. The number of aryl methyl sites for hydroxylation is 1. The summed E-state index contributed by atoms with van der Waals surface area (Å²) < 4.78 is 27.1. The summed E-state index contributed by atoms with van der Waals surface area (Å²) in [4.78, 5) is 5.08. The molecule has 0 spiro atoms. The normalized spacial score (nSPS) is 11.6. The second-order valence-corrected chi connectivity index (χ2v) is 8.37. The van der Waals surface area contributed by atoms with Gasteiger partial charge in [-0.2, -0.15) is 0 Å². The van der Waals surface area contributed by atoms with Crippen LogP contribution in [0, 0.1) is 12.8 Å². The van der Waals surface area contributed by atoms with E-state index < -0.39 is 10.0 Å². The van der Waals surface area contributed by atoms with Gasteiger partial charge in [-0.1, -0.05) is 13.8 Å². The molecule has 2 aromatic heterocycles. The van der Waals surface area contributed by atoms with Crippen LogP contribution in [0.4, 0.5) is 11.5 Å². The summed E-state index contributed by atoms with van der Waals surface area (Å²) in [5, 5.41) is 3.23. The van der Waals surface area contributed by atoms with E-state index in [1.54, 1.807) is 24.4 Å². The topological polar surface area (TPSA) is 71.1 Å². The van der Waals surface area contributed by atoms with Gasteiger partial charge in [-0.25, -0.2) is 13.4 Å². The van der Waals surface area contributed by atoms with Crippen molar-refractivity contribution in [3.05, 3.63) is 35.3 Å². The molecule has 0 bridgehead atoms. The molecular formula is C14H19N3O2S2. The first-order chi connectivity index (χ1) is 9.87. The number of nitrogens with zero attached hydrogens (tertiary/aromatic N) is 1. The molecule has 2 rings (SSSR count). The maximum Gasteiger partial charge on any atom is 0.272 e. The fourth-order valence-electron chi connectivity index (χ4n) is 1.63. The lowest BCUT2D eigenvalue weighted by molar-refractivity contribution is 0.603. The van der Waals surface area contributed by atoms with Crippen LogP contribution in [0.2, 0.25) is 0 Å². The molecule has 0 aromatic carbocycles. The molecule has 5 nitrogen and oxygen atoms in total. The minimum Gasteiger partial charge on any atom is -0.384 e. The van der Waals surface area contributed by atoms with Crippen molar-refractivity contribution in [1.29, 1.82) is 0 Å². The molecule has 0 aliphatic carbocycles. The molecule has 0 aliphatic heterocycles. The van der Waals surface area contributed by atoms with Gasteiger partial charge in [0.05, 0.1) is 11.9 Å². The average Bonchev–Trinajstić information content (AvgIpc) is 2.85. The SMILES string of the molecule is Cc1ccc(S(=O)(=O)Nc2ccc(NCC(C)C)cn2)s1. The molecular weight excluding hydrogens is 306 g/mol. The fraction of sp³-hybridized carbons (Fsp3) is 0.357. The minimum absolute atomic E-state index is 0.295. The summed E-state index contributed by atoms with van der Waals surface area (Å²) in [6.45, 7) is 6.95. The second-order valence-electron chi connectivity index (χ2n) is 5.18. The number of sulfonamides is 1. The number of pyridine rings is 1. The van der Waals surface area contributed by atoms with Gasteiger partial charge in [0.25, 0.3) is 10.0 Å². The summed E-state index contributed by atoms with van der Waals surface area (Å²) in [6.07, 6.45) is 1.62. The predicted octanol–water partition coefficient (Wildman–Crippen LogP) is 3.32. The van der Waals surface area contributed by atoms with E-state index >= 15 is 0 Å². The standard InChI is InChI=1S/C14H19N3O2S2/c1-10(2)8-15-12-5-6-13(16-9-12)17-21(18,19)14-7-4-11(3)20-14/h4-7,9-10,15H,8H2,1-3H3,(H,16,17). The third-order valence-electron chi connectivity index (χ3n) is 2.70. The monoisotopic (exact) mass is 325 g/mol. The van der Waals surface area contributed by atoms with E-state index in [2.05, 4.69) is 28.9 Å². The van der Waals surface area contributed by atoms with Gasteiger partial charge in [-0.05, 0) is 37.1 Å². The number of hydrogen-bond acceptors (Lipinski definition) is 5. The summed E-state index contributed by atoms with van der Waals surface area (Å²) in [7, 11) is -3.55. The van der Waals surface area contributed by atoms with E-state index in [9.17, 15) is 8.42 Å². The van der Waals surface area contributed by atoms with Crippen molar-refractivity contribution in [2.24, 2.45) is 5.92 Å². The molecule has 2 N–H and O–H groups in total. The molecule has 114 valence electrons. The van der Waals surface area contributed by atoms with Crippen LogP contribution in [0.15, 0.2) is 34.7 Å². The van der Waals surface area contributed by atoms with Crippen LogP contribution < -0.4 is 10.0 Å². The van der Waals surface area contributed by atoms with Crippen LogP contribution in [-0.4, -0.2) is 19.9 Å². The van der Waals surface area contributed by atoms with E-state index in [4.69, 9.17) is 0 Å². The van der Waals surface area contributed by atoms with E-state index in [0.717, 1.165) is 17.1 Å². The quantitative estimate of drug-likeness (QED) is 0.854. The number of rotatable bonds is 6. The van der Waals surface area contributed by atoms with Gasteiger partial charge >= 0.3 is 0 Å². The van der Waals surface area contributed by atoms with Crippen LogP contribution >= 0.6 is 11.3 Å². The van der Waals surface area contributed by atoms with Crippen LogP contribution in [-0.2, 0) is 10.0 Å². The molecule has 0 aliphatic rings. The highest BCUT2D eigenvalue weighted by molar-refractivity contribution is 7.94. The lowest BCUT2D eigenvalue weighted by Gasteiger charge is -2.09. The molecule has 0 saturated heterocycles. The molecule has 0 fully saturated rings. The highest BCUT2D eigenvalue weighted by atomic mass is 32.2. The smallest absolute Gasteiger partial charge is 0.272 e. The van der Waals surface area contributed by atoms with E-state index in [0.29, 0.717) is 15.9 Å². The Morgan fingerprint density at radius 3 is 2.52 bits per heavy atom. The number of nitrogens with one attached hydrogen (secondary N) is 2. The first-order valence-electron chi connectivity index (χ1n) is 6.66. The molecule has 0 atom stereocenters. The van der Waals surface area contributed by atoms with Crippen molar-refractivity contribution in [2.75, 3.05) is 16.6 Å². The van der Waals surface area contributed by atoms with Crippen LogP contribution in [0.25, 0.3) is 0 Å². The Labute approximate surface area is 129 Å². The molecule has 0 amide bonds. The van der Waals surface area contributed by atoms with Crippen molar-refractivity contribution in [3.63, 3.8) is 0 Å². The summed E-state index contributed by atoms with van der Waals surface area (Å²) >= 11 is 1.24. The van der Waals surface area contributed by atoms with Gasteiger partial charge in [0.15, 0.2) is 0 Å². The number of hydrogen-bond donors (Lipinski definition) is 2. The van der Waals surface area contributed by atoms with Gasteiger partial charge in [0, 0.05) is 11.4 Å². The first kappa shape index (κ1) is 15.8. The molecule has 2 heterocycles. The van der Waals surface area contributed by atoms with Gasteiger partial charge < -0.3 is 5.32 Å². The van der Waals surface area contributed by atoms with Crippen LogP contribution in [0.1, 0.15) is 18.7 Å². The van der Waals surface area contributed by atoms with Gasteiger partial charge in [-0.15, -0.1) is 11.3 Å². The maximum atomic E-state index is 12.2. The van der Waals surface area contributed by atoms with E-state index in [1.165, 1.54) is 11.3 Å². The lowest BCUT2D eigenvalue weighted by Crippen LogP contribution is -2.13. The van der Waals surface area contributed by atoms with Crippen molar-refractivity contribution in [1.82, 2.24) is 4.98 Å². The van der Waals surface area contributed by atoms with Crippen molar-refractivity contribution in [2.45, 2.75) is 25.0 Å². The number of aromatic nitrogens is 1. The molecule has 2 aromatic rings. The van der Waals surface area contributed by atoms with Gasteiger partial charge in [0.2, 0.25) is 0 Å². The highest BCUT2D eigenvalue weighted by Gasteiger charge is 2.16. The Morgan fingerprint density at radius 2 is 2.00 bits per heavy atom. The minimum atomic E-state index is -3.55. The summed E-state index contributed by atoms with van der Waals surface area (Å²) in [5.74, 6) is 0.849. The third kappa shape index (κ3) is 4.44. The molecule has 7 heteroatoms. The van der Waals surface area contributed by atoms with Crippen molar-refractivity contribution >= 4 is 32.9 Å². The van der Waals surface area contributed by atoms with E-state index in [-0.39, 0.29) is 0 Å². The van der Waals surface area contributed by atoms with Gasteiger partial charge in [0.1, 0.15) is 10.0 Å². The first-order valence-corrected chi connectivity index (χ1v) is 8.96. The molecule has 0 radical (unpaired) electrons. The third-order valence-corrected chi connectivity index (χ3v) is 5.54. The van der Waals surface area contributed by atoms with Crippen LogP contribution in [0.3, 0.4) is 0 Å². The van der Waals surface area contributed by atoms with E-state index in [1.807, 2.05) is 13.0 Å². The molecule has 0 unspecified atom stereocenters. The molecule has 0 saturated carbocycles. The number of thiophene rings is 1.